The van der Waals surface area contributed by atoms with E-state index in [9.17, 15) is 0 Å². The summed E-state index contributed by atoms with van der Waals surface area (Å²) in [5.74, 6) is 1.83. The maximum absolute atomic E-state index is 5.60. The van der Waals surface area contributed by atoms with Gasteiger partial charge in [-0.05, 0) is 20.8 Å². The van der Waals surface area contributed by atoms with Gasteiger partial charge in [0, 0.05) is 6.54 Å². The molecule has 1 atom stereocenters. The molecule has 1 unspecified atom stereocenters. The molecule has 0 fully saturated rings. The molecule has 5 heteroatoms. The molecule has 1 aromatic rings. The van der Waals surface area contributed by atoms with Crippen LogP contribution in [0.1, 0.15) is 31.5 Å². The van der Waals surface area contributed by atoms with Crippen LogP contribution >= 0.6 is 0 Å². The van der Waals surface area contributed by atoms with Crippen molar-refractivity contribution in [3.63, 3.8) is 0 Å². The summed E-state index contributed by atoms with van der Waals surface area (Å²) < 4.78 is 5.34. The second-order valence-corrected chi connectivity index (χ2v) is 3.03. The zero-order valence-electron chi connectivity index (χ0n) is 8.74. The summed E-state index contributed by atoms with van der Waals surface area (Å²) in [6.45, 7) is 6.36. The van der Waals surface area contributed by atoms with Crippen molar-refractivity contribution in [2.75, 3.05) is 6.54 Å². The summed E-state index contributed by atoms with van der Waals surface area (Å²) in [6, 6.07) is -0.0565. The van der Waals surface area contributed by atoms with Crippen LogP contribution in [-0.4, -0.2) is 17.5 Å². The Bertz CT molecular complexity index is 318. The molecule has 0 saturated heterocycles. The molecule has 0 radical (unpaired) electrons. The fraction of sp³-hybridized carbons (Fsp3) is 0.556. The number of nitrogens with zero attached hydrogens (tertiary/aromatic N) is 2. The standard InChI is InChI=1S/C9H16N4O/c1-4-11-9(10)13-7(3)8-12-5-6(2)14-8/h5,7H,4H2,1-3H3,(H3,10,11,13). The first-order valence-electron chi connectivity index (χ1n) is 4.62. The summed E-state index contributed by atoms with van der Waals surface area (Å²) in [6.07, 6.45) is 1.68. The van der Waals surface area contributed by atoms with Crippen LogP contribution in [0.15, 0.2) is 15.6 Å². The largest absolute Gasteiger partial charge is 0.444 e. The van der Waals surface area contributed by atoms with Gasteiger partial charge in [-0.3, -0.25) is 4.99 Å². The molecule has 1 aromatic heterocycles. The van der Waals surface area contributed by atoms with Crippen molar-refractivity contribution in [1.29, 1.82) is 0 Å². The molecule has 5 nitrogen and oxygen atoms in total. The van der Waals surface area contributed by atoms with Crippen LogP contribution in [-0.2, 0) is 0 Å². The molecule has 0 spiro atoms. The molecular formula is C9H16N4O. The SMILES string of the molecule is CCN=C(N)NC(C)c1ncc(C)o1. The van der Waals surface area contributed by atoms with Crippen LogP contribution in [0, 0.1) is 6.92 Å². The van der Waals surface area contributed by atoms with Crippen molar-refractivity contribution >= 4 is 5.96 Å². The zero-order valence-corrected chi connectivity index (χ0v) is 8.74. The third-order valence-corrected chi connectivity index (χ3v) is 1.70. The van der Waals surface area contributed by atoms with Crippen LogP contribution in [0.4, 0.5) is 0 Å². The Morgan fingerprint density at radius 2 is 2.50 bits per heavy atom. The van der Waals surface area contributed by atoms with Crippen molar-refractivity contribution < 1.29 is 4.42 Å². The lowest BCUT2D eigenvalue weighted by Crippen LogP contribution is -2.34. The topological polar surface area (TPSA) is 76.4 Å². The normalized spacial score (nSPS) is 14.1. The molecule has 0 bridgehead atoms. The van der Waals surface area contributed by atoms with Crippen molar-refractivity contribution in [3.05, 3.63) is 17.8 Å². The van der Waals surface area contributed by atoms with E-state index in [4.69, 9.17) is 10.2 Å². The van der Waals surface area contributed by atoms with E-state index in [0.717, 1.165) is 5.76 Å². The third kappa shape index (κ3) is 2.76. The fourth-order valence-electron chi connectivity index (χ4n) is 1.07. The van der Waals surface area contributed by atoms with E-state index in [-0.39, 0.29) is 6.04 Å². The maximum Gasteiger partial charge on any atom is 0.216 e. The van der Waals surface area contributed by atoms with Crippen LogP contribution in [0.25, 0.3) is 0 Å². The zero-order chi connectivity index (χ0) is 10.6. The molecule has 1 heterocycles. The van der Waals surface area contributed by atoms with Gasteiger partial charge < -0.3 is 15.5 Å². The van der Waals surface area contributed by atoms with E-state index in [0.29, 0.717) is 18.4 Å². The van der Waals surface area contributed by atoms with Crippen LogP contribution in [0.2, 0.25) is 0 Å². The minimum atomic E-state index is -0.0565. The highest BCUT2D eigenvalue weighted by molar-refractivity contribution is 5.78. The van der Waals surface area contributed by atoms with Crippen molar-refractivity contribution in [2.45, 2.75) is 26.8 Å². The molecule has 78 valence electrons. The number of guanidine groups is 1. The third-order valence-electron chi connectivity index (χ3n) is 1.70. The monoisotopic (exact) mass is 196 g/mol. The molecular weight excluding hydrogens is 180 g/mol. The Morgan fingerprint density at radius 3 is 3.00 bits per heavy atom. The summed E-state index contributed by atoms with van der Waals surface area (Å²) in [4.78, 5) is 8.10. The number of rotatable bonds is 3. The quantitative estimate of drug-likeness (QED) is 0.558. The second-order valence-electron chi connectivity index (χ2n) is 3.03. The minimum Gasteiger partial charge on any atom is -0.444 e. The predicted molar refractivity (Wildman–Crippen MR) is 55.0 cm³/mol. The molecule has 0 amide bonds. The average molecular weight is 196 g/mol. The maximum atomic E-state index is 5.60. The van der Waals surface area contributed by atoms with Crippen LogP contribution in [0.5, 0.6) is 0 Å². The lowest BCUT2D eigenvalue weighted by molar-refractivity contribution is 0.429. The van der Waals surface area contributed by atoms with E-state index in [1.165, 1.54) is 0 Å². The molecule has 0 aliphatic carbocycles. The highest BCUT2D eigenvalue weighted by Gasteiger charge is 2.10. The van der Waals surface area contributed by atoms with Crippen molar-refractivity contribution in [2.24, 2.45) is 10.7 Å². The van der Waals surface area contributed by atoms with Gasteiger partial charge in [0.05, 0.1) is 6.20 Å². The Hall–Kier alpha value is -1.52. The molecule has 0 aliphatic heterocycles. The van der Waals surface area contributed by atoms with E-state index >= 15 is 0 Å². The summed E-state index contributed by atoms with van der Waals surface area (Å²) >= 11 is 0. The Morgan fingerprint density at radius 1 is 1.79 bits per heavy atom. The first-order chi connectivity index (χ1) is 6.63. The lowest BCUT2D eigenvalue weighted by atomic mass is 10.3. The smallest absolute Gasteiger partial charge is 0.216 e. The van der Waals surface area contributed by atoms with Gasteiger partial charge >= 0.3 is 0 Å². The van der Waals surface area contributed by atoms with E-state index in [1.807, 2.05) is 20.8 Å². The summed E-state index contributed by atoms with van der Waals surface area (Å²) in [7, 11) is 0. The second kappa shape index (κ2) is 4.64. The van der Waals surface area contributed by atoms with Gasteiger partial charge in [0.15, 0.2) is 5.96 Å². The number of aliphatic imine (C=N–C) groups is 1. The van der Waals surface area contributed by atoms with Gasteiger partial charge in [0.1, 0.15) is 11.8 Å². The van der Waals surface area contributed by atoms with Crippen LogP contribution in [0.3, 0.4) is 0 Å². The van der Waals surface area contributed by atoms with E-state index in [2.05, 4.69) is 15.3 Å². The minimum absolute atomic E-state index is 0.0565. The fourth-order valence-corrected chi connectivity index (χ4v) is 1.07. The molecule has 14 heavy (non-hydrogen) atoms. The Kier molecular flexibility index (Phi) is 3.50. The van der Waals surface area contributed by atoms with Gasteiger partial charge in [-0.2, -0.15) is 0 Å². The predicted octanol–water partition coefficient (Wildman–Crippen LogP) is 0.968. The molecule has 0 aromatic carbocycles. The number of aryl methyl sites for hydroxylation is 1. The number of nitrogens with one attached hydrogen (secondary N) is 1. The first kappa shape index (κ1) is 10.6. The number of aromatic nitrogens is 1. The highest BCUT2D eigenvalue weighted by Crippen LogP contribution is 2.11. The molecule has 3 N–H and O–H groups in total. The van der Waals surface area contributed by atoms with E-state index < -0.39 is 0 Å². The molecule has 0 aliphatic rings. The van der Waals surface area contributed by atoms with E-state index in [1.54, 1.807) is 6.20 Å². The van der Waals surface area contributed by atoms with Gasteiger partial charge in [0.2, 0.25) is 5.89 Å². The Labute approximate surface area is 83.4 Å². The van der Waals surface area contributed by atoms with Gasteiger partial charge in [-0.15, -0.1) is 0 Å². The Balaban J connectivity index is 2.58. The van der Waals surface area contributed by atoms with Crippen LogP contribution < -0.4 is 11.1 Å². The number of hydrogen-bond donors (Lipinski definition) is 2. The van der Waals surface area contributed by atoms with Crippen molar-refractivity contribution in [1.82, 2.24) is 10.3 Å². The average Bonchev–Trinajstić information content (AvgIpc) is 2.52. The summed E-state index contributed by atoms with van der Waals surface area (Å²) in [5, 5.41) is 2.98. The number of hydrogen-bond acceptors (Lipinski definition) is 3. The van der Waals surface area contributed by atoms with Crippen molar-refractivity contribution in [3.8, 4) is 0 Å². The molecule has 1 rings (SSSR count). The van der Waals surface area contributed by atoms with Gasteiger partial charge in [-0.25, -0.2) is 4.98 Å². The van der Waals surface area contributed by atoms with Gasteiger partial charge in [0.25, 0.3) is 0 Å². The lowest BCUT2D eigenvalue weighted by Gasteiger charge is -2.10. The first-order valence-corrected chi connectivity index (χ1v) is 4.62. The van der Waals surface area contributed by atoms with Gasteiger partial charge in [-0.1, -0.05) is 0 Å². The summed E-state index contributed by atoms with van der Waals surface area (Å²) in [5.41, 5.74) is 5.60. The molecule has 0 saturated carbocycles. The highest BCUT2D eigenvalue weighted by atomic mass is 16.4. The number of nitrogens with two attached hydrogens (primary N) is 1. The number of oxazole rings is 1.